The van der Waals surface area contributed by atoms with Crippen molar-refractivity contribution < 1.29 is 49.6 Å². The third kappa shape index (κ3) is 3.75. The quantitative estimate of drug-likeness (QED) is 0.260. The molecule has 2 heterocycles. The summed E-state index contributed by atoms with van der Waals surface area (Å²) in [7, 11) is 1.27. The van der Waals surface area contributed by atoms with E-state index in [4.69, 9.17) is 13.9 Å². The van der Waals surface area contributed by atoms with Crippen LogP contribution in [0.4, 0.5) is 0 Å². The van der Waals surface area contributed by atoms with Gasteiger partial charge in [0.1, 0.15) is 53.2 Å². The van der Waals surface area contributed by atoms with Crippen molar-refractivity contribution in [3.63, 3.8) is 0 Å². The van der Waals surface area contributed by atoms with Crippen LogP contribution in [0.15, 0.2) is 39.5 Å². The molecule has 5 atom stereocenters. The van der Waals surface area contributed by atoms with E-state index in [1.165, 1.54) is 19.2 Å². The van der Waals surface area contributed by atoms with Crippen molar-refractivity contribution in [1.82, 2.24) is 0 Å². The van der Waals surface area contributed by atoms with Crippen LogP contribution in [0.3, 0.4) is 0 Å². The van der Waals surface area contributed by atoms with E-state index >= 15 is 0 Å². The molecule has 1 fully saturated rings. The van der Waals surface area contributed by atoms with Gasteiger partial charge in [0.25, 0.3) is 0 Å². The Kier molecular flexibility index (Phi) is 5.91. The molecule has 2 aromatic carbocycles. The van der Waals surface area contributed by atoms with Crippen LogP contribution in [0, 0.1) is 0 Å². The molecule has 0 unspecified atom stereocenters. The summed E-state index contributed by atoms with van der Waals surface area (Å²) >= 11 is 0. The standard InChI is InChI=1S/C22H22O11/c1-31-14-6-12(27)17(22-20(30)19(29)18(28)15(7-23)33-22)21-16(14)11(26)5-13(32-21)8-2-3-9(24)10(25)4-8/h2-6,15,18-20,22-25,27-30H,7H2,1H3/t15-,18-,19-,20+,22-/m1/s1. The van der Waals surface area contributed by atoms with Crippen LogP contribution < -0.4 is 10.2 Å². The first-order valence-electron chi connectivity index (χ1n) is 9.88. The van der Waals surface area contributed by atoms with Crippen LogP contribution in [-0.2, 0) is 4.74 Å². The predicted octanol–water partition coefficient (Wildman–Crippen LogP) is 0.100. The number of methoxy groups -OCH3 is 1. The Hall–Kier alpha value is -3.35. The van der Waals surface area contributed by atoms with Crippen molar-refractivity contribution in [2.24, 2.45) is 0 Å². The minimum absolute atomic E-state index is 0.0373. The number of hydrogen-bond donors (Lipinski definition) is 7. The highest BCUT2D eigenvalue weighted by Crippen LogP contribution is 2.44. The van der Waals surface area contributed by atoms with Crippen molar-refractivity contribution in [2.45, 2.75) is 30.5 Å². The molecule has 1 saturated heterocycles. The van der Waals surface area contributed by atoms with E-state index in [1.54, 1.807) is 0 Å². The first kappa shape index (κ1) is 22.8. The molecular weight excluding hydrogens is 440 g/mol. The van der Waals surface area contributed by atoms with E-state index in [0.29, 0.717) is 0 Å². The highest BCUT2D eigenvalue weighted by Gasteiger charge is 2.46. The fourth-order valence-electron chi connectivity index (χ4n) is 3.90. The lowest BCUT2D eigenvalue weighted by molar-refractivity contribution is -0.231. The van der Waals surface area contributed by atoms with Crippen LogP contribution in [0.5, 0.6) is 23.0 Å². The monoisotopic (exact) mass is 462 g/mol. The van der Waals surface area contributed by atoms with Crippen LogP contribution in [-0.4, -0.2) is 73.9 Å². The fraction of sp³-hybridized carbons (Fsp3) is 0.318. The number of hydrogen-bond acceptors (Lipinski definition) is 11. The maximum atomic E-state index is 13.0. The Labute approximate surface area is 185 Å². The summed E-state index contributed by atoms with van der Waals surface area (Å²) in [4.78, 5) is 13.0. The van der Waals surface area contributed by atoms with Gasteiger partial charge in [-0.25, -0.2) is 0 Å². The smallest absolute Gasteiger partial charge is 0.197 e. The molecular formula is C22H22O11. The lowest BCUT2D eigenvalue weighted by Gasteiger charge is -2.40. The molecule has 0 saturated carbocycles. The summed E-state index contributed by atoms with van der Waals surface area (Å²) in [5, 5.41) is 70.3. The number of phenolic OH excluding ortho intramolecular Hbond substituents is 3. The van der Waals surface area contributed by atoms with Gasteiger partial charge in [-0.05, 0) is 18.2 Å². The Balaban J connectivity index is 1.99. The molecule has 3 aromatic rings. The van der Waals surface area contributed by atoms with E-state index in [1.807, 2.05) is 0 Å². The molecule has 0 bridgehead atoms. The molecule has 11 heteroatoms. The Morgan fingerprint density at radius 1 is 0.939 bits per heavy atom. The summed E-state index contributed by atoms with van der Waals surface area (Å²) in [6.07, 6.45) is -7.89. The molecule has 1 aromatic heterocycles. The minimum atomic E-state index is -1.75. The van der Waals surface area contributed by atoms with Crippen LogP contribution in [0.1, 0.15) is 11.7 Å². The molecule has 1 aliphatic heterocycles. The van der Waals surface area contributed by atoms with E-state index in [0.717, 1.165) is 18.2 Å². The predicted molar refractivity (Wildman–Crippen MR) is 112 cm³/mol. The average Bonchev–Trinajstić information content (AvgIpc) is 2.79. The molecule has 176 valence electrons. The van der Waals surface area contributed by atoms with Gasteiger partial charge in [-0.3, -0.25) is 4.79 Å². The zero-order chi connectivity index (χ0) is 24.0. The molecule has 7 N–H and O–H groups in total. The van der Waals surface area contributed by atoms with Crippen molar-refractivity contribution in [1.29, 1.82) is 0 Å². The number of fused-ring (bicyclic) bond motifs is 1. The van der Waals surface area contributed by atoms with Gasteiger partial charge in [0, 0.05) is 17.7 Å². The number of aliphatic hydroxyl groups is 4. The molecule has 0 aliphatic carbocycles. The first-order valence-corrected chi connectivity index (χ1v) is 9.88. The molecule has 11 nitrogen and oxygen atoms in total. The molecule has 0 spiro atoms. The SMILES string of the molecule is COc1cc(O)c([C@H]2O[C@H](CO)[C@@H](O)[C@@H](O)[C@@H]2O)c2oc(-c3ccc(O)c(O)c3)cc(=O)c12. The average molecular weight is 462 g/mol. The number of benzene rings is 2. The maximum Gasteiger partial charge on any atom is 0.197 e. The van der Waals surface area contributed by atoms with Crippen molar-refractivity contribution in [2.75, 3.05) is 13.7 Å². The zero-order valence-electron chi connectivity index (χ0n) is 17.2. The summed E-state index contributed by atoms with van der Waals surface area (Å²) in [5.41, 5.74) is -0.844. The second-order valence-electron chi connectivity index (χ2n) is 7.64. The van der Waals surface area contributed by atoms with Crippen LogP contribution in [0.2, 0.25) is 0 Å². The van der Waals surface area contributed by atoms with Crippen LogP contribution >= 0.6 is 0 Å². The lowest BCUT2D eigenvalue weighted by atomic mass is 9.89. The fourth-order valence-corrected chi connectivity index (χ4v) is 3.90. The number of phenols is 3. The van der Waals surface area contributed by atoms with E-state index in [-0.39, 0.29) is 39.4 Å². The third-order valence-corrected chi connectivity index (χ3v) is 5.64. The largest absolute Gasteiger partial charge is 0.507 e. The minimum Gasteiger partial charge on any atom is -0.507 e. The van der Waals surface area contributed by atoms with Gasteiger partial charge in [0.15, 0.2) is 22.5 Å². The molecule has 4 rings (SSSR count). The highest BCUT2D eigenvalue weighted by molar-refractivity contribution is 5.90. The van der Waals surface area contributed by atoms with Gasteiger partial charge in [0.2, 0.25) is 0 Å². The lowest BCUT2D eigenvalue weighted by Crippen LogP contribution is -2.55. The number of rotatable bonds is 4. The maximum absolute atomic E-state index is 13.0. The topological polar surface area (TPSA) is 190 Å². The number of aromatic hydroxyl groups is 3. The second-order valence-corrected chi connectivity index (χ2v) is 7.64. The second kappa shape index (κ2) is 8.54. The van der Waals surface area contributed by atoms with Crippen molar-refractivity contribution >= 4 is 11.0 Å². The van der Waals surface area contributed by atoms with E-state index < -0.39 is 54.1 Å². The van der Waals surface area contributed by atoms with Gasteiger partial charge in [-0.2, -0.15) is 0 Å². The van der Waals surface area contributed by atoms with E-state index in [9.17, 15) is 40.5 Å². The highest BCUT2D eigenvalue weighted by atomic mass is 16.5. The van der Waals surface area contributed by atoms with Gasteiger partial charge >= 0.3 is 0 Å². The summed E-state index contributed by atoms with van der Waals surface area (Å²) in [6.45, 7) is -0.696. The van der Waals surface area contributed by atoms with Gasteiger partial charge in [-0.15, -0.1) is 0 Å². The Bertz CT molecular complexity index is 1250. The number of ether oxygens (including phenoxy) is 2. The third-order valence-electron chi connectivity index (χ3n) is 5.64. The molecule has 0 radical (unpaired) electrons. The van der Waals surface area contributed by atoms with Gasteiger partial charge < -0.3 is 49.6 Å². The van der Waals surface area contributed by atoms with Gasteiger partial charge in [0.05, 0.1) is 19.3 Å². The normalized spacial score (nSPS) is 25.3. The van der Waals surface area contributed by atoms with Gasteiger partial charge in [-0.1, -0.05) is 0 Å². The zero-order valence-corrected chi connectivity index (χ0v) is 17.2. The van der Waals surface area contributed by atoms with Crippen molar-refractivity contribution in [3.05, 3.63) is 46.1 Å². The summed E-state index contributed by atoms with van der Waals surface area (Å²) < 4.78 is 16.6. The first-order chi connectivity index (χ1) is 15.7. The van der Waals surface area contributed by atoms with E-state index in [2.05, 4.69) is 0 Å². The molecule has 33 heavy (non-hydrogen) atoms. The Morgan fingerprint density at radius 3 is 2.30 bits per heavy atom. The Morgan fingerprint density at radius 2 is 1.67 bits per heavy atom. The summed E-state index contributed by atoms with van der Waals surface area (Å²) in [6, 6.07) is 5.96. The van der Waals surface area contributed by atoms with Crippen molar-refractivity contribution in [3.8, 4) is 34.3 Å². The molecule has 0 amide bonds. The summed E-state index contributed by atoms with van der Waals surface area (Å²) in [5.74, 6) is -1.44. The number of aliphatic hydroxyl groups excluding tert-OH is 4. The molecule has 1 aliphatic rings. The van der Waals surface area contributed by atoms with Crippen LogP contribution in [0.25, 0.3) is 22.3 Å².